The monoisotopic (exact) mass is 334 g/mol. The van der Waals surface area contributed by atoms with Crippen LogP contribution in [-0.2, 0) is 4.79 Å². The van der Waals surface area contributed by atoms with Crippen molar-refractivity contribution in [3.05, 3.63) is 0 Å². The maximum atomic E-state index is 12.5. The van der Waals surface area contributed by atoms with Gasteiger partial charge in [0.1, 0.15) is 0 Å². The van der Waals surface area contributed by atoms with Crippen molar-refractivity contribution in [1.82, 2.24) is 10.2 Å². The molecule has 0 bridgehead atoms. The molecular weight excluding hydrogens is 304 g/mol. The largest absolute Gasteiger partial charge is 0.343 e. The molecule has 2 rings (SSSR count). The van der Waals surface area contributed by atoms with E-state index in [1.54, 1.807) is 0 Å². The summed E-state index contributed by atoms with van der Waals surface area (Å²) in [5, 5.41) is 3.47. The Bertz CT molecular complexity index is 327. The van der Waals surface area contributed by atoms with Crippen LogP contribution in [-0.4, -0.2) is 48.0 Å². The summed E-state index contributed by atoms with van der Waals surface area (Å²) in [5.41, 5.74) is 0.376. The van der Waals surface area contributed by atoms with Gasteiger partial charge in [0, 0.05) is 43.6 Å². The van der Waals surface area contributed by atoms with Crippen LogP contribution in [0.25, 0.3) is 0 Å². The molecule has 2 saturated heterocycles. The molecule has 5 heteroatoms. The van der Waals surface area contributed by atoms with E-state index < -0.39 is 0 Å². The Labute approximate surface area is 140 Å². The van der Waals surface area contributed by atoms with Gasteiger partial charge < -0.3 is 10.2 Å². The summed E-state index contributed by atoms with van der Waals surface area (Å²) >= 11 is 1.97. The molecule has 1 amide bonds. The number of thioether (sulfide) groups is 1. The molecule has 0 aromatic heterocycles. The van der Waals surface area contributed by atoms with Crippen molar-refractivity contribution in [1.29, 1.82) is 0 Å². The van der Waals surface area contributed by atoms with Crippen LogP contribution in [0.1, 0.15) is 46.5 Å². The van der Waals surface area contributed by atoms with Gasteiger partial charge in [-0.15, -0.1) is 12.4 Å². The molecule has 0 aromatic rings. The zero-order valence-corrected chi connectivity index (χ0v) is 15.3. The van der Waals surface area contributed by atoms with Gasteiger partial charge in [-0.05, 0) is 30.6 Å². The number of halogens is 1. The van der Waals surface area contributed by atoms with Crippen molar-refractivity contribution in [2.24, 2.45) is 11.3 Å². The molecule has 3 nitrogen and oxygen atoms in total. The van der Waals surface area contributed by atoms with E-state index in [0.29, 0.717) is 23.8 Å². The number of rotatable bonds is 2. The van der Waals surface area contributed by atoms with Crippen LogP contribution in [0.4, 0.5) is 0 Å². The second-order valence-corrected chi connectivity index (χ2v) is 8.45. The fourth-order valence-electron chi connectivity index (χ4n) is 3.30. The Morgan fingerprint density at radius 1 is 1.29 bits per heavy atom. The van der Waals surface area contributed by atoms with Gasteiger partial charge in [0.05, 0.1) is 0 Å². The quantitative estimate of drug-likeness (QED) is 0.841. The number of nitrogens with one attached hydrogen (secondary N) is 1. The molecule has 124 valence electrons. The van der Waals surface area contributed by atoms with Crippen LogP contribution >= 0.6 is 24.2 Å². The first kappa shape index (κ1) is 19.1. The number of amides is 1. The lowest BCUT2D eigenvalue weighted by molar-refractivity contribution is -0.131. The van der Waals surface area contributed by atoms with Gasteiger partial charge in [-0.3, -0.25) is 4.79 Å². The second-order valence-electron chi connectivity index (χ2n) is 7.30. The summed E-state index contributed by atoms with van der Waals surface area (Å²) in [4.78, 5) is 14.6. The molecule has 2 fully saturated rings. The first-order valence-electron chi connectivity index (χ1n) is 8.05. The minimum atomic E-state index is 0. The lowest BCUT2D eigenvalue weighted by Crippen LogP contribution is -2.43. The molecule has 1 N–H and O–H groups in total. The number of hydrogen-bond donors (Lipinski definition) is 1. The highest BCUT2D eigenvalue weighted by Gasteiger charge is 2.29. The Kier molecular flexibility index (Phi) is 7.86. The van der Waals surface area contributed by atoms with E-state index >= 15 is 0 Å². The predicted molar refractivity (Wildman–Crippen MR) is 94.4 cm³/mol. The van der Waals surface area contributed by atoms with Gasteiger partial charge in [-0.1, -0.05) is 20.8 Å². The Balaban J connectivity index is 0.00000220. The van der Waals surface area contributed by atoms with Crippen LogP contribution in [0.2, 0.25) is 0 Å². The topological polar surface area (TPSA) is 32.3 Å². The van der Waals surface area contributed by atoms with E-state index in [1.165, 1.54) is 25.0 Å². The number of likely N-dealkylation sites (tertiary alicyclic amines) is 1. The van der Waals surface area contributed by atoms with Crippen molar-refractivity contribution in [3.8, 4) is 0 Å². The third-order valence-electron chi connectivity index (χ3n) is 4.73. The van der Waals surface area contributed by atoms with Crippen LogP contribution < -0.4 is 5.32 Å². The Morgan fingerprint density at radius 3 is 2.67 bits per heavy atom. The maximum absolute atomic E-state index is 12.5. The zero-order valence-electron chi connectivity index (χ0n) is 13.7. The highest BCUT2D eigenvalue weighted by molar-refractivity contribution is 7.99. The van der Waals surface area contributed by atoms with Crippen molar-refractivity contribution >= 4 is 30.1 Å². The van der Waals surface area contributed by atoms with Gasteiger partial charge in [0.2, 0.25) is 5.91 Å². The summed E-state index contributed by atoms with van der Waals surface area (Å²) in [6.45, 7) is 9.97. The third kappa shape index (κ3) is 5.99. The summed E-state index contributed by atoms with van der Waals surface area (Å²) in [7, 11) is 0. The van der Waals surface area contributed by atoms with Crippen molar-refractivity contribution in [2.75, 3.05) is 31.1 Å². The molecule has 2 atom stereocenters. The van der Waals surface area contributed by atoms with Gasteiger partial charge in [-0.25, -0.2) is 0 Å². The zero-order chi connectivity index (χ0) is 14.6. The summed E-state index contributed by atoms with van der Waals surface area (Å²) in [6, 6.07) is 0.392. The van der Waals surface area contributed by atoms with Gasteiger partial charge in [-0.2, -0.15) is 11.8 Å². The first-order valence-corrected chi connectivity index (χ1v) is 9.21. The minimum absolute atomic E-state index is 0. The normalized spacial score (nSPS) is 27.7. The van der Waals surface area contributed by atoms with E-state index in [9.17, 15) is 4.79 Å². The standard InChI is InChI=1S/C16H30N2OS.ClH/c1-16(2,3)13-5-4-8-18(9-6-13)15(19)11-14-12-20-10-7-17-14;/h13-14,17H,4-12H2,1-3H3;1H. The lowest BCUT2D eigenvalue weighted by atomic mass is 9.77. The second kappa shape index (κ2) is 8.64. The molecule has 21 heavy (non-hydrogen) atoms. The first-order chi connectivity index (χ1) is 9.47. The summed E-state index contributed by atoms with van der Waals surface area (Å²) in [5.74, 6) is 3.38. The van der Waals surface area contributed by atoms with Gasteiger partial charge in [0.25, 0.3) is 0 Å². The summed E-state index contributed by atoms with van der Waals surface area (Å²) in [6.07, 6.45) is 4.29. The fourth-order valence-corrected chi connectivity index (χ4v) is 4.25. The van der Waals surface area contributed by atoms with Crippen LogP contribution in [0.3, 0.4) is 0 Å². The van der Waals surface area contributed by atoms with Crippen LogP contribution in [0, 0.1) is 11.3 Å². The van der Waals surface area contributed by atoms with E-state index in [4.69, 9.17) is 0 Å². The Hall–Kier alpha value is 0.0700. The molecule has 2 aliphatic heterocycles. The third-order valence-corrected chi connectivity index (χ3v) is 5.86. The molecule has 0 saturated carbocycles. The van der Waals surface area contributed by atoms with E-state index in [-0.39, 0.29) is 12.4 Å². The van der Waals surface area contributed by atoms with Crippen LogP contribution in [0.5, 0.6) is 0 Å². The van der Waals surface area contributed by atoms with E-state index in [2.05, 4.69) is 31.0 Å². The average Bonchev–Trinajstić information content (AvgIpc) is 2.65. The van der Waals surface area contributed by atoms with E-state index in [0.717, 1.165) is 31.3 Å². The number of carbonyl (C=O) groups is 1. The molecule has 2 heterocycles. The van der Waals surface area contributed by atoms with Gasteiger partial charge in [0.15, 0.2) is 0 Å². The SMILES string of the molecule is CC(C)(C)C1CCCN(C(=O)CC2CSCCN2)CC1.Cl. The predicted octanol–water partition coefficient (Wildman–Crippen LogP) is 3.18. The smallest absolute Gasteiger partial charge is 0.224 e. The van der Waals surface area contributed by atoms with E-state index in [1.807, 2.05) is 11.8 Å². The molecule has 2 unspecified atom stereocenters. The maximum Gasteiger partial charge on any atom is 0.224 e. The molecule has 0 spiro atoms. The minimum Gasteiger partial charge on any atom is -0.343 e. The number of carbonyl (C=O) groups excluding carboxylic acids is 1. The molecule has 0 aromatic carbocycles. The molecule has 2 aliphatic rings. The molecule has 0 aliphatic carbocycles. The highest BCUT2D eigenvalue weighted by atomic mass is 35.5. The Morgan fingerprint density at radius 2 is 2.05 bits per heavy atom. The lowest BCUT2D eigenvalue weighted by Gasteiger charge is -2.30. The highest BCUT2D eigenvalue weighted by Crippen LogP contribution is 2.34. The summed E-state index contributed by atoms with van der Waals surface area (Å²) < 4.78 is 0. The van der Waals surface area contributed by atoms with Crippen molar-refractivity contribution in [2.45, 2.75) is 52.5 Å². The molecular formula is C16H31ClN2OS. The number of hydrogen-bond acceptors (Lipinski definition) is 3. The van der Waals surface area contributed by atoms with Crippen molar-refractivity contribution in [3.63, 3.8) is 0 Å². The fraction of sp³-hybridized carbons (Fsp3) is 0.938. The molecule has 0 radical (unpaired) electrons. The number of nitrogens with zero attached hydrogens (tertiary/aromatic N) is 1. The average molecular weight is 335 g/mol. The van der Waals surface area contributed by atoms with Gasteiger partial charge >= 0.3 is 0 Å². The van der Waals surface area contributed by atoms with Crippen molar-refractivity contribution < 1.29 is 4.79 Å². The van der Waals surface area contributed by atoms with Crippen LogP contribution in [0.15, 0.2) is 0 Å².